The van der Waals surface area contributed by atoms with Crippen LogP contribution in [0.5, 0.6) is 0 Å². The number of pyridine rings is 2. The van der Waals surface area contributed by atoms with E-state index in [2.05, 4.69) is 67.6 Å². The first-order chi connectivity index (χ1) is 16.9. The summed E-state index contributed by atoms with van der Waals surface area (Å²) in [5.74, 6) is 0.790. The second-order valence-corrected chi connectivity index (χ2v) is 8.07. The van der Waals surface area contributed by atoms with E-state index in [0.717, 1.165) is 55.9 Å². The third kappa shape index (κ3) is 2.69. The Labute approximate surface area is 194 Å². The Morgan fingerprint density at radius 3 is 2.32 bits per heavy atom. The van der Waals surface area contributed by atoms with Gasteiger partial charge in [0.2, 0.25) is 0 Å². The maximum absolute atomic E-state index is 5.02. The molecule has 0 N–H and O–H groups in total. The van der Waals surface area contributed by atoms with Crippen molar-refractivity contribution in [2.24, 2.45) is 0 Å². The zero-order chi connectivity index (χ0) is 22.5. The molecule has 34 heavy (non-hydrogen) atoms. The standard InChI is InChI=1S/C28H18N6/c1-2-9-19(10-3-1)33-23-14-5-4-11-20(23)26-27-24(17-29-18-31-27)34(28(26)33)25-15-8-13-22(32-25)21-12-6-7-16-30-21/h1-18H. The molecule has 0 aliphatic carbocycles. The highest BCUT2D eigenvalue weighted by Gasteiger charge is 2.23. The van der Waals surface area contributed by atoms with Crippen molar-refractivity contribution in [2.75, 3.05) is 0 Å². The van der Waals surface area contributed by atoms with Gasteiger partial charge in [-0.15, -0.1) is 0 Å². The van der Waals surface area contributed by atoms with Crippen molar-refractivity contribution in [3.8, 4) is 22.9 Å². The van der Waals surface area contributed by atoms with Gasteiger partial charge in [0.25, 0.3) is 0 Å². The van der Waals surface area contributed by atoms with Crippen molar-refractivity contribution in [3.05, 3.63) is 110 Å². The largest absolute Gasteiger partial charge is 0.295 e. The van der Waals surface area contributed by atoms with E-state index in [-0.39, 0.29) is 0 Å². The molecule has 0 amide bonds. The Bertz CT molecular complexity index is 1800. The molecule has 0 atom stereocenters. The number of hydrogen-bond acceptors (Lipinski definition) is 4. The summed E-state index contributed by atoms with van der Waals surface area (Å²) in [6.45, 7) is 0. The van der Waals surface area contributed by atoms with E-state index in [1.54, 1.807) is 12.5 Å². The Morgan fingerprint density at radius 1 is 0.618 bits per heavy atom. The molecule has 6 nitrogen and oxygen atoms in total. The maximum Gasteiger partial charge on any atom is 0.139 e. The monoisotopic (exact) mass is 438 g/mol. The van der Waals surface area contributed by atoms with Gasteiger partial charge in [-0.2, -0.15) is 0 Å². The molecular formula is C28H18N6. The lowest BCUT2D eigenvalue weighted by atomic mass is 10.2. The van der Waals surface area contributed by atoms with E-state index in [0.29, 0.717) is 0 Å². The van der Waals surface area contributed by atoms with Crippen LogP contribution >= 0.6 is 0 Å². The lowest BCUT2D eigenvalue weighted by Gasteiger charge is -2.12. The number of fused-ring (bicyclic) bond motifs is 5. The molecule has 7 rings (SSSR count). The molecule has 5 aromatic heterocycles. The first-order valence-electron chi connectivity index (χ1n) is 11.1. The predicted octanol–water partition coefficient (Wildman–Crippen LogP) is 5.97. The normalized spacial score (nSPS) is 11.5. The molecule has 0 unspecified atom stereocenters. The van der Waals surface area contributed by atoms with Gasteiger partial charge in [-0.1, -0.05) is 48.5 Å². The molecule has 160 valence electrons. The van der Waals surface area contributed by atoms with Crippen molar-refractivity contribution in [2.45, 2.75) is 0 Å². The summed E-state index contributed by atoms with van der Waals surface area (Å²) in [5.41, 5.74) is 6.66. The van der Waals surface area contributed by atoms with Crippen LogP contribution in [0.15, 0.2) is 110 Å². The summed E-state index contributed by atoms with van der Waals surface area (Å²) in [6.07, 6.45) is 5.26. The minimum Gasteiger partial charge on any atom is -0.295 e. The molecule has 0 spiro atoms. The van der Waals surface area contributed by atoms with Gasteiger partial charge >= 0.3 is 0 Å². The van der Waals surface area contributed by atoms with Gasteiger partial charge in [0, 0.05) is 17.3 Å². The average Bonchev–Trinajstić information content (AvgIpc) is 3.42. The highest BCUT2D eigenvalue weighted by molar-refractivity contribution is 6.20. The van der Waals surface area contributed by atoms with Crippen LogP contribution in [-0.4, -0.2) is 29.1 Å². The van der Waals surface area contributed by atoms with Crippen LogP contribution in [0.1, 0.15) is 0 Å². The zero-order valence-electron chi connectivity index (χ0n) is 18.1. The van der Waals surface area contributed by atoms with E-state index in [4.69, 9.17) is 9.97 Å². The molecule has 0 fully saturated rings. The first kappa shape index (κ1) is 18.7. The maximum atomic E-state index is 5.02. The van der Waals surface area contributed by atoms with E-state index >= 15 is 0 Å². The van der Waals surface area contributed by atoms with Crippen molar-refractivity contribution in [1.29, 1.82) is 0 Å². The van der Waals surface area contributed by atoms with Crippen molar-refractivity contribution < 1.29 is 0 Å². The van der Waals surface area contributed by atoms with Crippen LogP contribution in [0.25, 0.3) is 55.9 Å². The number of nitrogens with zero attached hydrogens (tertiary/aromatic N) is 6. The molecule has 7 aromatic rings. The molecule has 0 aliphatic heterocycles. The second-order valence-electron chi connectivity index (χ2n) is 8.07. The highest BCUT2D eigenvalue weighted by Crippen LogP contribution is 2.39. The predicted molar refractivity (Wildman–Crippen MR) is 134 cm³/mol. The summed E-state index contributed by atoms with van der Waals surface area (Å²) in [5, 5.41) is 2.23. The first-order valence-corrected chi connectivity index (χ1v) is 11.1. The Hall–Kier alpha value is -4.84. The smallest absolute Gasteiger partial charge is 0.139 e. The summed E-state index contributed by atoms with van der Waals surface area (Å²) in [4.78, 5) is 18.6. The fourth-order valence-corrected chi connectivity index (χ4v) is 4.74. The number of rotatable bonds is 3. The lowest BCUT2D eigenvalue weighted by Crippen LogP contribution is -2.04. The van der Waals surface area contributed by atoms with Crippen LogP contribution in [0.4, 0.5) is 0 Å². The molecule has 0 saturated heterocycles. The number of aromatic nitrogens is 6. The minimum atomic E-state index is 0.790. The summed E-state index contributed by atoms with van der Waals surface area (Å²) in [6, 6.07) is 30.7. The SMILES string of the molecule is c1ccc(-n2c3ccccc3c3c4ncncc4n(-c4cccc(-c5ccccn5)n4)c32)cc1. The average molecular weight is 438 g/mol. The van der Waals surface area contributed by atoms with Crippen LogP contribution in [0.3, 0.4) is 0 Å². The lowest BCUT2D eigenvalue weighted by molar-refractivity contribution is 1.01. The van der Waals surface area contributed by atoms with Gasteiger partial charge in [0.1, 0.15) is 23.3 Å². The quantitative estimate of drug-likeness (QED) is 0.341. The fourth-order valence-electron chi connectivity index (χ4n) is 4.74. The second kappa shape index (κ2) is 7.35. The Morgan fingerprint density at radius 2 is 1.44 bits per heavy atom. The van der Waals surface area contributed by atoms with E-state index in [1.807, 2.05) is 48.7 Å². The molecule has 0 aliphatic rings. The fraction of sp³-hybridized carbons (Fsp3) is 0. The molecule has 5 heterocycles. The molecule has 6 heteroatoms. The van der Waals surface area contributed by atoms with E-state index < -0.39 is 0 Å². The van der Waals surface area contributed by atoms with Crippen LogP contribution in [0.2, 0.25) is 0 Å². The third-order valence-corrected chi connectivity index (χ3v) is 6.14. The van der Waals surface area contributed by atoms with Crippen molar-refractivity contribution in [1.82, 2.24) is 29.1 Å². The van der Waals surface area contributed by atoms with Crippen LogP contribution < -0.4 is 0 Å². The van der Waals surface area contributed by atoms with Gasteiger partial charge in [-0.25, -0.2) is 15.0 Å². The molecule has 0 bridgehead atoms. The molecule has 2 aromatic carbocycles. The zero-order valence-corrected chi connectivity index (χ0v) is 18.1. The third-order valence-electron chi connectivity index (χ3n) is 6.14. The summed E-state index contributed by atoms with van der Waals surface area (Å²) in [7, 11) is 0. The van der Waals surface area contributed by atoms with Crippen molar-refractivity contribution in [3.63, 3.8) is 0 Å². The number of para-hydroxylation sites is 2. The minimum absolute atomic E-state index is 0.790. The number of hydrogen-bond donors (Lipinski definition) is 0. The van der Waals surface area contributed by atoms with Crippen LogP contribution in [0, 0.1) is 0 Å². The van der Waals surface area contributed by atoms with Gasteiger partial charge in [-0.3, -0.25) is 14.1 Å². The van der Waals surface area contributed by atoms with Gasteiger partial charge in [0.15, 0.2) is 0 Å². The summed E-state index contributed by atoms with van der Waals surface area (Å²) < 4.78 is 4.44. The Kier molecular flexibility index (Phi) is 4.04. The van der Waals surface area contributed by atoms with Gasteiger partial charge in [0.05, 0.1) is 34.0 Å². The van der Waals surface area contributed by atoms with Crippen molar-refractivity contribution >= 4 is 33.0 Å². The number of benzene rings is 2. The van der Waals surface area contributed by atoms with E-state index in [1.165, 1.54) is 0 Å². The van der Waals surface area contributed by atoms with Crippen LogP contribution in [-0.2, 0) is 0 Å². The topological polar surface area (TPSA) is 61.4 Å². The molecule has 0 saturated carbocycles. The Balaban J connectivity index is 1.65. The van der Waals surface area contributed by atoms with Gasteiger partial charge < -0.3 is 0 Å². The van der Waals surface area contributed by atoms with Gasteiger partial charge in [-0.05, 0) is 42.5 Å². The molecular weight excluding hydrogens is 420 g/mol. The van der Waals surface area contributed by atoms with E-state index in [9.17, 15) is 0 Å². The summed E-state index contributed by atoms with van der Waals surface area (Å²) >= 11 is 0. The molecule has 0 radical (unpaired) electrons. The highest BCUT2D eigenvalue weighted by atomic mass is 15.2.